The van der Waals surface area contributed by atoms with Crippen LogP contribution >= 0.6 is 7.82 Å². The Kier molecular flexibility index (Phi) is 52.3. The fourth-order valence-corrected chi connectivity index (χ4v) is 8.40. The van der Waals surface area contributed by atoms with Gasteiger partial charge in [-0.05, 0) is 89.9 Å². The molecule has 0 fully saturated rings. The molecule has 9 nitrogen and oxygen atoms in total. The van der Waals surface area contributed by atoms with E-state index in [1.807, 2.05) is 0 Å². The summed E-state index contributed by atoms with van der Waals surface area (Å²) >= 11 is 0. The van der Waals surface area contributed by atoms with Crippen LogP contribution in [0.5, 0.6) is 0 Å². The lowest BCUT2D eigenvalue weighted by Crippen LogP contribution is -2.29. The molecule has 0 radical (unpaired) electrons. The van der Waals surface area contributed by atoms with Crippen LogP contribution in [0.2, 0.25) is 0 Å². The maximum absolute atomic E-state index is 12.6. The summed E-state index contributed by atoms with van der Waals surface area (Å²) in [6.45, 7) is 3.59. The fourth-order valence-electron chi connectivity index (χ4n) is 7.63. The molecule has 0 spiro atoms. The molecule has 0 aliphatic heterocycles. The topological polar surface area (TPSA) is 134 Å². The number of phosphoric ester groups is 1. The number of carbonyl (C=O) groups excluding carboxylic acids is 2. The van der Waals surface area contributed by atoms with E-state index in [9.17, 15) is 19.0 Å². The van der Waals surface area contributed by atoms with Crippen LogP contribution in [0.25, 0.3) is 0 Å². The third-order valence-corrected chi connectivity index (χ3v) is 12.7. The largest absolute Gasteiger partial charge is 0.472 e. The van der Waals surface area contributed by atoms with Gasteiger partial charge in [0.25, 0.3) is 0 Å². The van der Waals surface area contributed by atoms with Crippen molar-refractivity contribution in [1.29, 1.82) is 0 Å². The number of hydrogen-bond donors (Lipinski definition) is 2. The summed E-state index contributed by atoms with van der Waals surface area (Å²) in [5.41, 5.74) is 5.37. The zero-order valence-corrected chi connectivity index (χ0v) is 45.2. The molecule has 0 aromatic rings. The maximum atomic E-state index is 12.6. The number of carbonyl (C=O) groups is 2. The molecule has 398 valence electrons. The first-order valence-corrected chi connectivity index (χ1v) is 29.6. The lowest BCUT2D eigenvalue weighted by atomic mass is 10.0. The lowest BCUT2D eigenvalue weighted by molar-refractivity contribution is -0.161. The van der Waals surface area contributed by atoms with E-state index in [-0.39, 0.29) is 38.6 Å². The predicted molar refractivity (Wildman–Crippen MR) is 293 cm³/mol. The maximum Gasteiger partial charge on any atom is 0.472 e. The molecule has 3 N–H and O–H groups in total. The van der Waals surface area contributed by atoms with Crippen LogP contribution in [0.1, 0.15) is 245 Å². The van der Waals surface area contributed by atoms with Crippen molar-refractivity contribution in [3.8, 4) is 0 Å². The van der Waals surface area contributed by atoms with Crippen LogP contribution in [0.3, 0.4) is 0 Å². The van der Waals surface area contributed by atoms with Gasteiger partial charge in [0.05, 0.1) is 13.2 Å². The molecular formula is C59H104NO8P. The highest BCUT2D eigenvalue weighted by atomic mass is 31.2. The van der Waals surface area contributed by atoms with Gasteiger partial charge in [0.2, 0.25) is 0 Å². The minimum Gasteiger partial charge on any atom is -0.462 e. The van der Waals surface area contributed by atoms with Gasteiger partial charge in [0.1, 0.15) is 6.61 Å². The Balaban J connectivity index is 3.95. The Morgan fingerprint density at radius 1 is 0.449 bits per heavy atom. The second-order valence-corrected chi connectivity index (χ2v) is 19.9. The molecule has 0 aliphatic rings. The second kappa shape index (κ2) is 54.5. The van der Waals surface area contributed by atoms with E-state index in [1.54, 1.807) is 0 Å². The number of unbranched alkanes of at least 4 members (excludes halogenated alkanes) is 25. The van der Waals surface area contributed by atoms with Crippen LogP contribution < -0.4 is 5.73 Å². The third kappa shape index (κ3) is 54.4. The van der Waals surface area contributed by atoms with Crippen LogP contribution in [0, 0.1) is 0 Å². The number of ether oxygens (including phenoxy) is 2. The average molecular weight is 986 g/mol. The van der Waals surface area contributed by atoms with E-state index >= 15 is 0 Å². The Labute approximate surface area is 424 Å². The monoisotopic (exact) mass is 986 g/mol. The summed E-state index contributed by atoms with van der Waals surface area (Å²) in [7, 11) is -4.40. The van der Waals surface area contributed by atoms with E-state index < -0.39 is 26.5 Å². The van der Waals surface area contributed by atoms with E-state index in [0.717, 1.165) is 83.5 Å². The van der Waals surface area contributed by atoms with Gasteiger partial charge in [0.15, 0.2) is 6.10 Å². The first-order valence-electron chi connectivity index (χ1n) is 28.1. The van der Waals surface area contributed by atoms with Crippen molar-refractivity contribution in [3.63, 3.8) is 0 Å². The average Bonchev–Trinajstić information content (AvgIpc) is 3.34. The number of hydrogen-bond acceptors (Lipinski definition) is 8. The van der Waals surface area contributed by atoms with Crippen LogP contribution in [0.4, 0.5) is 0 Å². The van der Waals surface area contributed by atoms with Crippen molar-refractivity contribution < 1.29 is 37.6 Å². The van der Waals surface area contributed by atoms with Crippen LogP contribution in [-0.2, 0) is 32.7 Å². The zero-order chi connectivity index (χ0) is 50.2. The highest BCUT2D eigenvalue weighted by Gasteiger charge is 2.26. The summed E-state index contributed by atoms with van der Waals surface area (Å²) in [6.07, 6.45) is 70.7. The smallest absolute Gasteiger partial charge is 0.462 e. The number of nitrogens with two attached hydrogens (primary N) is 1. The first-order chi connectivity index (χ1) is 33.8. The minimum absolute atomic E-state index is 0.0458. The molecular weight excluding hydrogens is 882 g/mol. The number of esters is 2. The van der Waals surface area contributed by atoms with Gasteiger partial charge in [-0.2, -0.15) is 0 Å². The Morgan fingerprint density at radius 3 is 1.19 bits per heavy atom. The minimum atomic E-state index is -4.40. The summed E-state index contributed by atoms with van der Waals surface area (Å²) in [4.78, 5) is 35.1. The Morgan fingerprint density at radius 2 is 0.797 bits per heavy atom. The van der Waals surface area contributed by atoms with Crippen LogP contribution in [0.15, 0.2) is 85.1 Å². The third-order valence-electron chi connectivity index (χ3n) is 11.8. The molecule has 0 rings (SSSR count). The first kappa shape index (κ1) is 66.2. The summed E-state index contributed by atoms with van der Waals surface area (Å²) in [5, 5.41) is 0. The lowest BCUT2D eigenvalue weighted by Gasteiger charge is -2.19. The van der Waals surface area contributed by atoms with Gasteiger partial charge >= 0.3 is 19.8 Å². The van der Waals surface area contributed by atoms with E-state index in [0.29, 0.717) is 6.42 Å². The van der Waals surface area contributed by atoms with Crippen LogP contribution in [-0.4, -0.2) is 49.3 Å². The van der Waals surface area contributed by atoms with E-state index in [4.69, 9.17) is 24.3 Å². The molecule has 0 aliphatic carbocycles. The van der Waals surface area contributed by atoms with Crippen molar-refractivity contribution in [2.24, 2.45) is 5.73 Å². The van der Waals surface area contributed by atoms with Gasteiger partial charge in [0, 0.05) is 19.4 Å². The Hall–Kier alpha value is -2.81. The van der Waals surface area contributed by atoms with Gasteiger partial charge in [-0.15, -0.1) is 0 Å². The van der Waals surface area contributed by atoms with Crippen molar-refractivity contribution in [1.82, 2.24) is 0 Å². The van der Waals surface area contributed by atoms with Crippen molar-refractivity contribution in [3.05, 3.63) is 85.1 Å². The molecule has 0 saturated carbocycles. The van der Waals surface area contributed by atoms with Crippen molar-refractivity contribution in [2.75, 3.05) is 26.4 Å². The molecule has 0 aromatic heterocycles. The van der Waals surface area contributed by atoms with Gasteiger partial charge in [-0.1, -0.05) is 227 Å². The van der Waals surface area contributed by atoms with E-state index in [2.05, 4.69) is 98.9 Å². The molecule has 69 heavy (non-hydrogen) atoms. The summed E-state index contributed by atoms with van der Waals surface area (Å²) in [6, 6.07) is 0. The molecule has 0 aromatic carbocycles. The van der Waals surface area contributed by atoms with Gasteiger partial charge in [-0.3, -0.25) is 18.6 Å². The number of rotatable bonds is 52. The summed E-state index contributed by atoms with van der Waals surface area (Å²) < 4.78 is 32.9. The molecule has 0 bridgehead atoms. The van der Waals surface area contributed by atoms with Crippen molar-refractivity contribution >= 4 is 19.8 Å². The normalized spacial score (nSPS) is 13.7. The van der Waals surface area contributed by atoms with Gasteiger partial charge in [-0.25, -0.2) is 4.57 Å². The zero-order valence-electron chi connectivity index (χ0n) is 44.3. The molecule has 10 heteroatoms. The van der Waals surface area contributed by atoms with Crippen molar-refractivity contribution in [2.45, 2.75) is 251 Å². The SMILES string of the molecule is CC/C=C\C/C=C\C/C=C\C/C=C\CCCCCCC(=O)OC(COC(=O)CCCCCCCCCCCCCCCCCC/C=C\C/C=C\C/C=C\CCCCCCC)COP(=O)(O)OCCN. The predicted octanol–water partition coefficient (Wildman–Crippen LogP) is 17.5. The number of allylic oxidation sites excluding steroid dienone is 14. The fraction of sp³-hybridized carbons (Fsp3) is 0.729. The highest BCUT2D eigenvalue weighted by molar-refractivity contribution is 7.47. The number of phosphoric acid groups is 1. The Bertz CT molecular complexity index is 1400. The standard InChI is InChI=1S/C59H104NO8P/c1-3-5-7-9-11-13-15-17-19-21-22-23-24-25-26-27-28-29-30-31-32-33-34-36-37-39-41-43-45-47-49-51-58(61)65-55-57(56-67-69(63,64)66-54-53-60)68-59(62)52-50-48-46-44-42-40-38-35-20-18-16-14-12-10-8-6-4-2/h6,8,12,14-15,17-18,20-22,24-25,38,40,57H,3-5,7,9-11,13,16,19,23,26-37,39,41-56,60H2,1-2H3,(H,63,64)/b8-6-,14-12-,17-15-,20-18-,22-21-,25-24-,40-38-. The van der Waals surface area contributed by atoms with E-state index in [1.165, 1.54) is 128 Å². The molecule has 0 amide bonds. The highest BCUT2D eigenvalue weighted by Crippen LogP contribution is 2.43. The quantitative estimate of drug-likeness (QED) is 0.0264. The molecule has 0 saturated heterocycles. The summed E-state index contributed by atoms with van der Waals surface area (Å²) in [5.74, 6) is -0.855. The molecule has 0 heterocycles. The second-order valence-electron chi connectivity index (χ2n) is 18.4. The molecule has 2 atom stereocenters. The van der Waals surface area contributed by atoms with Gasteiger partial charge < -0.3 is 20.1 Å². The molecule has 2 unspecified atom stereocenters.